The summed E-state index contributed by atoms with van der Waals surface area (Å²) < 4.78 is 2.59. The van der Waals surface area contributed by atoms with Crippen LogP contribution < -0.4 is 11.5 Å². The third kappa shape index (κ3) is 4.27. The number of anilines is 2. The van der Waals surface area contributed by atoms with Gasteiger partial charge in [-0.3, -0.25) is 9.13 Å². The standard InChI is InChI=1S/C22H22N4O4S2/c23-13-5-1-3-7-15(13)31-17-11-19(27)25(21(17)29)9-10-26-20(28)12-18(22(26)30)32-16-8-4-2-6-14(16)24/h1-8,11-12,27-30H,9-10,23-24H2. The van der Waals surface area contributed by atoms with E-state index in [2.05, 4.69) is 0 Å². The molecule has 0 fully saturated rings. The van der Waals surface area contributed by atoms with Crippen LogP contribution in [0.1, 0.15) is 0 Å². The summed E-state index contributed by atoms with van der Waals surface area (Å²) in [6, 6.07) is 17.4. The number of nitrogens with two attached hydrogens (primary N) is 2. The Bertz CT molecular complexity index is 1170. The largest absolute Gasteiger partial charge is 0.494 e. The van der Waals surface area contributed by atoms with Gasteiger partial charge >= 0.3 is 0 Å². The minimum Gasteiger partial charge on any atom is -0.494 e. The van der Waals surface area contributed by atoms with Crippen LogP contribution in [0.25, 0.3) is 0 Å². The number of nitrogen functional groups attached to an aromatic ring is 2. The summed E-state index contributed by atoms with van der Waals surface area (Å²) in [5, 5.41) is 41.8. The molecule has 0 amide bonds. The second-order valence-corrected chi connectivity index (χ2v) is 9.13. The number of para-hydroxylation sites is 2. The van der Waals surface area contributed by atoms with Crippen LogP contribution in [-0.4, -0.2) is 29.6 Å². The zero-order chi connectivity index (χ0) is 22.8. The van der Waals surface area contributed by atoms with Crippen LogP contribution in [0.15, 0.2) is 80.2 Å². The Morgan fingerprint density at radius 1 is 0.594 bits per heavy atom. The van der Waals surface area contributed by atoms with Gasteiger partial charge in [-0.25, -0.2) is 0 Å². The van der Waals surface area contributed by atoms with Gasteiger partial charge in [0.15, 0.2) is 11.8 Å². The van der Waals surface area contributed by atoms with E-state index in [0.29, 0.717) is 21.2 Å². The Kier molecular flexibility index (Phi) is 6.06. The van der Waals surface area contributed by atoms with Crippen molar-refractivity contribution in [3.63, 3.8) is 0 Å². The van der Waals surface area contributed by atoms with Crippen LogP contribution in [-0.2, 0) is 13.1 Å². The predicted molar refractivity (Wildman–Crippen MR) is 125 cm³/mol. The van der Waals surface area contributed by atoms with Crippen molar-refractivity contribution in [2.24, 2.45) is 0 Å². The predicted octanol–water partition coefficient (Wildman–Crippen LogP) is 4.28. The van der Waals surface area contributed by atoms with Crippen molar-refractivity contribution in [1.29, 1.82) is 0 Å². The Labute approximate surface area is 192 Å². The van der Waals surface area contributed by atoms with Crippen LogP contribution in [0.2, 0.25) is 0 Å². The molecule has 0 bridgehead atoms. The van der Waals surface area contributed by atoms with Gasteiger partial charge in [-0.05, 0) is 24.3 Å². The quantitative estimate of drug-likeness (QED) is 0.220. The minimum absolute atomic E-state index is 0.107. The summed E-state index contributed by atoms with van der Waals surface area (Å²) in [7, 11) is 0. The molecule has 0 saturated heterocycles. The molecule has 0 aliphatic heterocycles. The zero-order valence-corrected chi connectivity index (χ0v) is 18.5. The summed E-state index contributed by atoms with van der Waals surface area (Å²) in [6.45, 7) is 0.214. The Hall–Kier alpha value is -3.50. The highest BCUT2D eigenvalue weighted by Gasteiger charge is 2.19. The molecule has 8 N–H and O–H groups in total. The highest BCUT2D eigenvalue weighted by molar-refractivity contribution is 7.99. The first-order valence-corrected chi connectivity index (χ1v) is 11.3. The van der Waals surface area contributed by atoms with Gasteiger partial charge in [-0.2, -0.15) is 0 Å². The highest BCUT2D eigenvalue weighted by atomic mass is 32.2. The van der Waals surface area contributed by atoms with Crippen molar-refractivity contribution in [3.05, 3.63) is 60.7 Å². The van der Waals surface area contributed by atoms with Crippen LogP contribution in [0.3, 0.4) is 0 Å². The lowest BCUT2D eigenvalue weighted by molar-refractivity contribution is 0.327. The fourth-order valence-electron chi connectivity index (χ4n) is 3.18. The molecule has 2 aromatic carbocycles. The van der Waals surface area contributed by atoms with Gasteiger partial charge in [0.25, 0.3) is 0 Å². The van der Waals surface area contributed by atoms with Crippen LogP contribution in [0.4, 0.5) is 11.4 Å². The highest BCUT2D eigenvalue weighted by Crippen LogP contribution is 2.43. The molecule has 4 rings (SSSR count). The normalized spacial score (nSPS) is 11.1. The number of nitrogens with zero attached hydrogens (tertiary/aromatic N) is 2. The number of rotatable bonds is 7. The first kappa shape index (κ1) is 21.7. The molecule has 166 valence electrons. The second kappa shape index (κ2) is 8.93. The third-order valence-electron chi connectivity index (χ3n) is 4.85. The number of hydrogen-bond donors (Lipinski definition) is 6. The Morgan fingerprint density at radius 3 is 1.34 bits per heavy atom. The molecule has 0 spiro atoms. The van der Waals surface area contributed by atoms with E-state index < -0.39 is 0 Å². The molecule has 0 aliphatic carbocycles. The number of aromatic hydroxyl groups is 4. The van der Waals surface area contributed by atoms with E-state index in [1.807, 2.05) is 36.4 Å². The molecule has 2 heterocycles. The number of benzene rings is 2. The molecular weight excluding hydrogens is 448 g/mol. The molecule has 10 heteroatoms. The molecule has 0 saturated carbocycles. The average Bonchev–Trinajstić information content (AvgIpc) is 3.18. The molecule has 0 unspecified atom stereocenters. The molecule has 8 nitrogen and oxygen atoms in total. The first-order valence-electron chi connectivity index (χ1n) is 9.62. The van der Waals surface area contributed by atoms with Crippen LogP contribution >= 0.6 is 23.5 Å². The first-order chi connectivity index (χ1) is 15.3. The van der Waals surface area contributed by atoms with Gasteiger partial charge in [0.2, 0.25) is 11.8 Å². The van der Waals surface area contributed by atoms with E-state index >= 15 is 0 Å². The Balaban J connectivity index is 1.52. The fraction of sp³-hybridized carbons (Fsp3) is 0.0909. The van der Waals surface area contributed by atoms with Gasteiger partial charge in [-0.1, -0.05) is 47.8 Å². The molecule has 0 aliphatic rings. The molecule has 0 atom stereocenters. The second-order valence-electron chi connectivity index (χ2n) is 6.96. The number of aromatic nitrogens is 2. The summed E-state index contributed by atoms with van der Waals surface area (Å²) in [5.74, 6) is -0.545. The SMILES string of the molecule is Nc1ccccc1Sc1cc(O)n(CCn2c(O)cc(Sc3ccccc3N)c2O)c1O. The fourth-order valence-corrected chi connectivity index (χ4v) is 5.05. The van der Waals surface area contributed by atoms with Crippen molar-refractivity contribution < 1.29 is 20.4 Å². The Morgan fingerprint density at radius 2 is 0.969 bits per heavy atom. The van der Waals surface area contributed by atoms with Crippen molar-refractivity contribution >= 4 is 34.9 Å². The summed E-state index contributed by atoms with van der Waals surface area (Å²) in [5.41, 5.74) is 13.0. The minimum atomic E-state index is -0.141. The smallest absolute Gasteiger partial charge is 0.208 e. The summed E-state index contributed by atoms with van der Waals surface area (Å²) in [4.78, 5) is 2.39. The van der Waals surface area contributed by atoms with E-state index in [0.717, 1.165) is 9.79 Å². The van der Waals surface area contributed by atoms with E-state index in [4.69, 9.17) is 11.5 Å². The summed E-state index contributed by atoms with van der Waals surface area (Å²) in [6.07, 6.45) is 0. The maximum Gasteiger partial charge on any atom is 0.208 e. The zero-order valence-electron chi connectivity index (χ0n) is 16.8. The maximum atomic E-state index is 10.6. The third-order valence-corrected chi connectivity index (χ3v) is 7.07. The van der Waals surface area contributed by atoms with Crippen molar-refractivity contribution in [1.82, 2.24) is 9.13 Å². The lowest BCUT2D eigenvalue weighted by Crippen LogP contribution is -2.06. The van der Waals surface area contributed by atoms with E-state index in [1.54, 1.807) is 12.1 Å². The van der Waals surface area contributed by atoms with Gasteiger partial charge in [-0.15, -0.1) is 0 Å². The molecule has 4 aromatic rings. The van der Waals surface area contributed by atoms with E-state index in [9.17, 15) is 20.4 Å². The lowest BCUT2D eigenvalue weighted by atomic mass is 10.3. The molecule has 2 aromatic heterocycles. The van der Waals surface area contributed by atoms with Gasteiger partial charge in [0.05, 0.1) is 9.79 Å². The average molecular weight is 471 g/mol. The van der Waals surface area contributed by atoms with E-state index in [-0.39, 0.29) is 36.6 Å². The van der Waals surface area contributed by atoms with Gasteiger partial charge < -0.3 is 31.9 Å². The summed E-state index contributed by atoms with van der Waals surface area (Å²) >= 11 is 2.47. The molecular formula is C22H22N4O4S2. The van der Waals surface area contributed by atoms with Gasteiger partial charge in [0, 0.05) is 46.4 Å². The molecule has 32 heavy (non-hydrogen) atoms. The van der Waals surface area contributed by atoms with E-state index in [1.165, 1.54) is 44.8 Å². The monoisotopic (exact) mass is 470 g/mol. The van der Waals surface area contributed by atoms with Gasteiger partial charge in [0.1, 0.15) is 0 Å². The topological polar surface area (TPSA) is 143 Å². The maximum absolute atomic E-state index is 10.6. The van der Waals surface area contributed by atoms with Crippen molar-refractivity contribution in [2.45, 2.75) is 32.7 Å². The number of hydrogen-bond acceptors (Lipinski definition) is 8. The van der Waals surface area contributed by atoms with Crippen molar-refractivity contribution in [2.75, 3.05) is 11.5 Å². The molecule has 0 radical (unpaired) electrons. The lowest BCUT2D eigenvalue weighted by Gasteiger charge is -2.11. The van der Waals surface area contributed by atoms with Crippen molar-refractivity contribution in [3.8, 4) is 23.5 Å². The van der Waals surface area contributed by atoms with Crippen LogP contribution in [0, 0.1) is 0 Å². The van der Waals surface area contributed by atoms with Crippen LogP contribution in [0.5, 0.6) is 23.5 Å².